The number of hydrogen-bond donors (Lipinski definition) is 1. The van der Waals surface area contributed by atoms with Crippen LogP contribution in [0.1, 0.15) is 63.3 Å². The highest BCUT2D eigenvalue weighted by Gasteiger charge is 2.47. The lowest BCUT2D eigenvalue weighted by molar-refractivity contribution is -0.140. The molecule has 7 nitrogen and oxygen atoms in total. The molecule has 0 aliphatic carbocycles. The number of nitrogens with zero attached hydrogens (tertiary/aromatic N) is 1. The van der Waals surface area contributed by atoms with Crippen molar-refractivity contribution in [1.29, 1.82) is 0 Å². The van der Waals surface area contributed by atoms with Crippen LogP contribution >= 0.6 is 0 Å². The lowest BCUT2D eigenvalue weighted by Crippen LogP contribution is -2.36. The van der Waals surface area contributed by atoms with E-state index in [4.69, 9.17) is 14.2 Å². The molecular weight excluding hydrogens is 458 g/mol. The lowest BCUT2D eigenvalue weighted by Gasteiger charge is -2.28. The number of carbonyl (C=O) groups excluding carboxylic acids is 2. The molecule has 2 saturated heterocycles. The molecule has 0 spiro atoms. The zero-order valence-corrected chi connectivity index (χ0v) is 21.7. The van der Waals surface area contributed by atoms with Gasteiger partial charge in [0, 0.05) is 24.3 Å². The third-order valence-corrected chi connectivity index (χ3v) is 6.76. The maximum atomic E-state index is 13.4. The minimum Gasteiger partial charge on any atom is -0.507 e. The Morgan fingerprint density at radius 2 is 1.86 bits per heavy atom. The Bertz CT molecular complexity index is 1160. The molecule has 2 aromatic carbocycles. The van der Waals surface area contributed by atoms with Crippen molar-refractivity contribution in [3.8, 4) is 11.5 Å². The molecule has 1 amide bonds. The average molecular weight is 494 g/mol. The van der Waals surface area contributed by atoms with Crippen LogP contribution < -0.4 is 9.47 Å². The van der Waals surface area contributed by atoms with Gasteiger partial charge in [-0.25, -0.2) is 0 Å². The zero-order valence-electron chi connectivity index (χ0n) is 21.7. The number of benzene rings is 2. The number of likely N-dealkylation sites (tertiary alicyclic amines) is 1. The SMILES string of the molecule is CCOc1ccc(/C(O)=C2/C(=O)C(=O)N(CC3CCCO3)C2c2ccc(OC)cc2)cc1C(C)(C)C. The van der Waals surface area contributed by atoms with Crippen molar-refractivity contribution >= 4 is 17.4 Å². The van der Waals surface area contributed by atoms with Crippen molar-refractivity contribution in [3.63, 3.8) is 0 Å². The highest BCUT2D eigenvalue weighted by molar-refractivity contribution is 6.46. The summed E-state index contributed by atoms with van der Waals surface area (Å²) in [5.41, 5.74) is 1.91. The number of aliphatic hydroxyl groups is 1. The van der Waals surface area contributed by atoms with E-state index in [0.717, 1.165) is 29.7 Å². The molecular formula is C29H35NO6. The number of Topliss-reactive ketones (excluding diaryl/α,β-unsaturated/α-hetero) is 1. The van der Waals surface area contributed by atoms with Crippen LogP contribution in [0.4, 0.5) is 0 Å². The van der Waals surface area contributed by atoms with Gasteiger partial charge in [-0.15, -0.1) is 0 Å². The molecule has 0 bridgehead atoms. The molecule has 7 heteroatoms. The molecule has 0 aromatic heterocycles. The summed E-state index contributed by atoms with van der Waals surface area (Å²) < 4.78 is 16.9. The molecule has 2 atom stereocenters. The minimum atomic E-state index is -0.732. The van der Waals surface area contributed by atoms with Crippen LogP contribution in [0.2, 0.25) is 0 Å². The Balaban J connectivity index is 1.84. The highest BCUT2D eigenvalue weighted by atomic mass is 16.5. The van der Waals surface area contributed by atoms with Gasteiger partial charge in [-0.2, -0.15) is 0 Å². The van der Waals surface area contributed by atoms with E-state index in [1.54, 1.807) is 25.3 Å². The molecule has 2 fully saturated rings. The molecule has 2 aromatic rings. The van der Waals surface area contributed by atoms with Gasteiger partial charge in [0.15, 0.2) is 0 Å². The molecule has 2 heterocycles. The standard InChI is InChI=1S/C29H35NO6/c1-6-35-23-14-11-19(16-22(23)29(2,3)4)26(31)24-25(18-9-12-20(34-5)13-10-18)30(28(33)27(24)32)17-21-8-7-15-36-21/h9-14,16,21,25,31H,6-8,15,17H2,1-5H3/b26-24-. The number of amides is 1. The number of carbonyl (C=O) groups is 2. The van der Waals surface area contributed by atoms with Crippen LogP contribution in [0.25, 0.3) is 5.76 Å². The van der Waals surface area contributed by atoms with Crippen LogP contribution in [0.3, 0.4) is 0 Å². The van der Waals surface area contributed by atoms with Gasteiger partial charge in [-0.05, 0) is 61.1 Å². The second-order valence-corrected chi connectivity index (χ2v) is 10.3. The summed E-state index contributed by atoms with van der Waals surface area (Å²) in [5, 5.41) is 11.5. The summed E-state index contributed by atoms with van der Waals surface area (Å²) in [7, 11) is 1.58. The summed E-state index contributed by atoms with van der Waals surface area (Å²) in [6, 6.07) is 11.9. The first-order valence-electron chi connectivity index (χ1n) is 12.5. The van der Waals surface area contributed by atoms with Crippen LogP contribution in [0, 0.1) is 0 Å². The predicted molar refractivity (Wildman–Crippen MR) is 137 cm³/mol. The first-order chi connectivity index (χ1) is 17.2. The van der Waals surface area contributed by atoms with Gasteiger partial charge in [0.2, 0.25) is 0 Å². The molecule has 192 valence electrons. The quantitative estimate of drug-likeness (QED) is 0.332. The van der Waals surface area contributed by atoms with Gasteiger partial charge in [0.1, 0.15) is 17.3 Å². The van der Waals surface area contributed by atoms with Crippen molar-refractivity contribution in [2.24, 2.45) is 0 Å². The van der Waals surface area contributed by atoms with Crippen molar-refractivity contribution in [2.75, 3.05) is 26.9 Å². The fraction of sp³-hybridized carbons (Fsp3) is 0.448. The normalized spacial score (nSPS) is 21.8. The number of methoxy groups -OCH3 is 1. The summed E-state index contributed by atoms with van der Waals surface area (Å²) in [4.78, 5) is 28.1. The first-order valence-corrected chi connectivity index (χ1v) is 12.5. The Labute approximate surface area is 212 Å². The fourth-order valence-electron chi connectivity index (χ4n) is 4.91. The van der Waals surface area contributed by atoms with E-state index >= 15 is 0 Å². The van der Waals surface area contributed by atoms with Gasteiger partial charge >= 0.3 is 0 Å². The molecule has 2 unspecified atom stereocenters. The number of rotatable bonds is 7. The van der Waals surface area contributed by atoms with Crippen LogP contribution in [-0.2, 0) is 19.7 Å². The monoisotopic (exact) mass is 493 g/mol. The topological polar surface area (TPSA) is 85.3 Å². The van der Waals surface area contributed by atoms with Crippen molar-refractivity contribution in [2.45, 2.75) is 58.1 Å². The van der Waals surface area contributed by atoms with E-state index in [0.29, 0.717) is 24.5 Å². The summed E-state index contributed by atoms with van der Waals surface area (Å²) in [5.74, 6) is -0.131. The second-order valence-electron chi connectivity index (χ2n) is 10.3. The smallest absolute Gasteiger partial charge is 0.295 e. The van der Waals surface area contributed by atoms with E-state index in [1.165, 1.54) is 4.90 Å². The Morgan fingerprint density at radius 3 is 2.44 bits per heavy atom. The Morgan fingerprint density at radius 1 is 1.14 bits per heavy atom. The van der Waals surface area contributed by atoms with Gasteiger partial charge < -0.3 is 24.2 Å². The fourth-order valence-corrected chi connectivity index (χ4v) is 4.91. The Kier molecular flexibility index (Phi) is 7.41. The molecule has 2 aliphatic rings. The number of ketones is 1. The minimum absolute atomic E-state index is 0.0761. The van der Waals surface area contributed by atoms with Gasteiger partial charge in [0.25, 0.3) is 11.7 Å². The predicted octanol–water partition coefficient (Wildman–Crippen LogP) is 4.99. The second kappa shape index (κ2) is 10.3. The largest absolute Gasteiger partial charge is 0.507 e. The summed E-state index contributed by atoms with van der Waals surface area (Å²) >= 11 is 0. The molecule has 1 N–H and O–H groups in total. The molecule has 0 radical (unpaired) electrons. The van der Waals surface area contributed by atoms with Crippen molar-refractivity contribution in [1.82, 2.24) is 4.90 Å². The molecule has 2 aliphatic heterocycles. The van der Waals surface area contributed by atoms with Gasteiger partial charge in [-0.3, -0.25) is 9.59 Å². The third-order valence-electron chi connectivity index (χ3n) is 6.76. The van der Waals surface area contributed by atoms with Gasteiger partial charge in [0.05, 0.1) is 31.4 Å². The van der Waals surface area contributed by atoms with E-state index < -0.39 is 17.7 Å². The van der Waals surface area contributed by atoms with Crippen molar-refractivity contribution in [3.05, 3.63) is 64.7 Å². The molecule has 0 saturated carbocycles. The first kappa shape index (κ1) is 25.8. The number of aliphatic hydroxyl groups excluding tert-OH is 1. The Hall–Kier alpha value is -3.32. The lowest BCUT2D eigenvalue weighted by atomic mass is 9.84. The molecule has 4 rings (SSSR count). The third kappa shape index (κ3) is 4.98. The summed E-state index contributed by atoms with van der Waals surface area (Å²) in [6.45, 7) is 9.55. The van der Waals surface area contributed by atoms with Gasteiger partial charge in [-0.1, -0.05) is 32.9 Å². The maximum Gasteiger partial charge on any atom is 0.295 e. The number of ether oxygens (including phenoxy) is 3. The van der Waals surface area contributed by atoms with Crippen molar-refractivity contribution < 1.29 is 28.9 Å². The zero-order chi connectivity index (χ0) is 26.0. The summed E-state index contributed by atoms with van der Waals surface area (Å²) in [6.07, 6.45) is 1.61. The molecule has 36 heavy (non-hydrogen) atoms. The van der Waals surface area contributed by atoms with E-state index in [1.807, 2.05) is 31.2 Å². The van der Waals surface area contributed by atoms with Crippen LogP contribution in [-0.4, -0.2) is 54.7 Å². The van der Waals surface area contributed by atoms with E-state index in [-0.39, 0.29) is 29.4 Å². The maximum absolute atomic E-state index is 13.4. The average Bonchev–Trinajstić information content (AvgIpc) is 3.46. The van der Waals surface area contributed by atoms with Crippen LogP contribution in [0.15, 0.2) is 48.0 Å². The number of hydrogen-bond acceptors (Lipinski definition) is 6. The highest BCUT2D eigenvalue weighted by Crippen LogP contribution is 2.42. The van der Waals surface area contributed by atoms with E-state index in [2.05, 4.69) is 20.8 Å². The van der Waals surface area contributed by atoms with Crippen LogP contribution in [0.5, 0.6) is 11.5 Å². The van der Waals surface area contributed by atoms with E-state index in [9.17, 15) is 14.7 Å².